The van der Waals surface area contributed by atoms with Crippen LogP contribution in [-0.4, -0.2) is 41.2 Å². The minimum absolute atomic E-state index is 0.00390. The van der Waals surface area contributed by atoms with Crippen LogP contribution >= 0.6 is 0 Å². The maximum absolute atomic E-state index is 13.1. The SMILES string of the molecule is Cc1cccc(OC[C@@H](O)CN2C(=O)N[C@@](C)(c3ccc4c(c3)CCC4)C2=O)c1. The van der Waals surface area contributed by atoms with E-state index in [0.717, 1.165) is 35.3 Å². The average molecular weight is 394 g/mol. The minimum Gasteiger partial charge on any atom is -0.491 e. The zero-order valence-corrected chi connectivity index (χ0v) is 16.8. The summed E-state index contributed by atoms with van der Waals surface area (Å²) in [5.74, 6) is 0.291. The molecule has 0 spiro atoms. The van der Waals surface area contributed by atoms with E-state index in [1.165, 1.54) is 11.1 Å². The van der Waals surface area contributed by atoms with Crippen molar-refractivity contribution in [3.05, 3.63) is 64.7 Å². The molecule has 0 bridgehead atoms. The van der Waals surface area contributed by atoms with Gasteiger partial charge in [0, 0.05) is 0 Å². The third-order valence-corrected chi connectivity index (χ3v) is 5.78. The highest BCUT2D eigenvalue weighted by molar-refractivity contribution is 6.07. The smallest absolute Gasteiger partial charge is 0.325 e. The molecule has 4 rings (SSSR count). The van der Waals surface area contributed by atoms with Crippen molar-refractivity contribution in [1.82, 2.24) is 10.2 Å². The molecule has 0 unspecified atom stereocenters. The summed E-state index contributed by atoms with van der Waals surface area (Å²) < 4.78 is 5.60. The van der Waals surface area contributed by atoms with Crippen LogP contribution < -0.4 is 10.1 Å². The molecular weight excluding hydrogens is 368 g/mol. The van der Waals surface area contributed by atoms with Crippen LogP contribution in [0.15, 0.2) is 42.5 Å². The molecule has 1 aliphatic heterocycles. The molecule has 152 valence electrons. The average Bonchev–Trinajstić information content (AvgIpc) is 3.25. The third-order valence-electron chi connectivity index (χ3n) is 5.78. The van der Waals surface area contributed by atoms with Gasteiger partial charge < -0.3 is 15.2 Å². The summed E-state index contributed by atoms with van der Waals surface area (Å²) >= 11 is 0. The molecule has 2 N–H and O–H groups in total. The first kappa shape index (κ1) is 19.5. The lowest BCUT2D eigenvalue weighted by Crippen LogP contribution is -2.42. The zero-order chi connectivity index (χ0) is 20.6. The van der Waals surface area contributed by atoms with Gasteiger partial charge in [0.25, 0.3) is 5.91 Å². The Hall–Kier alpha value is -2.86. The maximum Gasteiger partial charge on any atom is 0.325 e. The van der Waals surface area contributed by atoms with E-state index in [-0.39, 0.29) is 19.1 Å². The van der Waals surface area contributed by atoms with Crippen LogP contribution in [0.1, 0.15) is 35.6 Å². The van der Waals surface area contributed by atoms with Gasteiger partial charge in [-0.15, -0.1) is 0 Å². The van der Waals surface area contributed by atoms with Crippen LogP contribution in [0, 0.1) is 6.92 Å². The van der Waals surface area contributed by atoms with Gasteiger partial charge in [0.1, 0.15) is 24.0 Å². The Balaban J connectivity index is 1.43. The molecular formula is C23H26N2O4. The van der Waals surface area contributed by atoms with Crippen molar-refractivity contribution in [3.8, 4) is 5.75 Å². The Morgan fingerprint density at radius 3 is 2.76 bits per heavy atom. The molecule has 0 radical (unpaired) electrons. The van der Waals surface area contributed by atoms with E-state index < -0.39 is 17.7 Å². The molecule has 0 saturated carbocycles. The summed E-state index contributed by atoms with van der Waals surface area (Å²) in [5, 5.41) is 13.2. The van der Waals surface area contributed by atoms with Gasteiger partial charge in [-0.25, -0.2) is 4.79 Å². The summed E-state index contributed by atoms with van der Waals surface area (Å²) in [6, 6.07) is 13.0. The standard InChI is InChI=1S/C23H26N2O4/c1-15-5-3-8-20(11-15)29-14-19(26)13-25-21(27)23(2,24-22(25)28)18-10-9-16-6-4-7-17(16)12-18/h3,5,8-12,19,26H,4,6-7,13-14H2,1-2H3,(H,24,28)/t19-,23-/m0/s1. The number of imide groups is 1. The number of carbonyl (C=O) groups excluding carboxylic acids is 2. The van der Waals surface area contributed by atoms with E-state index in [9.17, 15) is 14.7 Å². The van der Waals surface area contributed by atoms with Crippen LogP contribution in [0.3, 0.4) is 0 Å². The molecule has 0 aromatic heterocycles. The van der Waals surface area contributed by atoms with E-state index in [1.807, 2.05) is 37.3 Å². The molecule has 2 aliphatic rings. The summed E-state index contributed by atoms with van der Waals surface area (Å²) in [5.41, 5.74) is 3.28. The summed E-state index contributed by atoms with van der Waals surface area (Å²) in [6.45, 7) is 3.56. The fourth-order valence-electron chi connectivity index (χ4n) is 4.10. The lowest BCUT2D eigenvalue weighted by atomic mass is 9.89. The number of carbonyl (C=O) groups is 2. The Bertz CT molecular complexity index is 958. The number of rotatable bonds is 6. The van der Waals surface area contributed by atoms with Gasteiger partial charge in [-0.05, 0) is 67.5 Å². The quantitative estimate of drug-likeness (QED) is 0.739. The van der Waals surface area contributed by atoms with Crippen molar-refractivity contribution in [2.24, 2.45) is 0 Å². The zero-order valence-electron chi connectivity index (χ0n) is 16.8. The number of urea groups is 1. The molecule has 6 heteroatoms. The maximum atomic E-state index is 13.1. The van der Waals surface area contributed by atoms with Crippen LogP contribution in [-0.2, 0) is 23.2 Å². The lowest BCUT2D eigenvalue weighted by molar-refractivity contribution is -0.132. The highest BCUT2D eigenvalue weighted by atomic mass is 16.5. The monoisotopic (exact) mass is 394 g/mol. The first-order valence-corrected chi connectivity index (χ1v) is 10.0. The van der Waals surface area contributed by atoms with Gasteiger partial charge in [0.2, 0.25) is 0 Å². The van der Waals surface area contributed by atoms with E-state index in [2.05, 4.69) is 11.4 Å². The molecule has 2 aromatic rings. The Kier molecular flexibility index (Phi) is 5.04. The van der Waals surface area contributed by atoms with Gasteiger partial charge in [0.15, 0.2) is 0 Å². The number of aliphatic hydroxyl groups is 1. The third kappa shape index (κ3) is 3.72. The number of benzene rings is 2. The second-order valence-electron chi connectivity index (χ2n) is 8.09. The fourth-order valence-corrected chi connectivity index (χ4v) is 4.10. The molecule has 6 nitrogen and oxygen atoms in total. The van der Waals surface area contributed by atoms with Crippen molar-refractivity contribution in [2.45, 2.75) is 44.8 Å². The van der Waals surface area contributed by atoms with Gasteiger partial charge in [-0.3, -0.25) is 9.69 Å². The minimum atomic E-state index is -1.12. The van der Waals surface area contributed by atoms with E-state index in [4.69, 9.17) is 4.74 Å². The number of amides is 3. The predicted molar refractivity (Wildman–Crippen MR) is 109 cm³/mol. The molecule has 1 aliphatic carbocycles. The number of aryl methyl sites for hydroxylation is 3. The number of hydrogen-bond acceptors (Lipinski definition) is 4. The van der Waals surface area contributed by atoms with Crippen LogP contribution in [0.25, 0.3) is 0 Å². The number of nitrogens with one attached hydrogen (secondary N) is 1. The number of ether oxygens (including phenoxy) is 1. The van der Waals surface area contributed by atoms with Crippen molar-refractivity contribution < 1.29 is 19.4 Å². The van der Waals surface area contributed by atoms with Crippen molar-refractivity contribution in [1.29, 1.82) is 0 Å². The molecule has 1 fully saturated rings. The van der Waals surface area contributed by atoms with Gasteiger partial charge >= 0.3 is 6.03 Å². The molecule has 1 heterocycles. The number of nitrogens with zero attached hydrogens (tertiary/aromatic N) is 1. The number of hydrogen-bond donors (Lipinski definition) is 2. The first-order chi connectivity index (χ1) is 13.9. The summed E-state index contributed by atoms with van der Waals surface area (Å²) in [6.07, 6.45) is 2.20. The molecule has 1 saturated heterocycles. The second kappa shape index (κ2) is 7.52. The lowest BCUT2D eigenvalue weighted by Gasteiger charge is -2.24. The van der Waals surface area contributed by atoms with Crippen molar-refractivity contribution in [3.63, 3.8) is 0 Å². The van der Waals surface area contributed by atoms with Crippen LogP contribution in [0.4, 0.5) is 4.79 Å². The Morgan fingerprint density at radius 2 is 1.97 bits per heavy atom. The second-order valence-corrected chi connectivity index (χ2v) is 8.09. The van der Waals surface area contributed by atoms with Crippen LogP contribution in [0.5, 0.6) is 5.75 Å². The van der Waals surface area contributed by atoms with E-state index >= 15 is 0 Å². The largest absolute Gasteiger partial charge is 0.491 e. The number of fused-ring (bicyclic) bond motifs is 1. The number of aliphatic hydroxyl groups excluding tert-OH is 1. The Morgan fingerprint density at radius 1 is 1.17 bits per heavy atom. The highest BCUT2D eigenvalue weighted by Crippen LogP contribution is 2.32. The van der Waals surface area contributed by atoms with Gasteiger partial charge in [-0.2, -0.15) is 0 Å². The fraction of sp³-hybridized carbons (Fsp3) is 0.391. The molecule has 2 aromatic carbocycles. The summed E-state index contributed by atoms with van der Waals surface area (Å²) in [4.78, 5) is 26.7. The molecule has 2 atom stereocenters. The van der Waals surface area contributed by atoms with E-state index in [1.54, 1.807) is 13.0 Å². The predicted octanol–water partition coefficient (Wildman–Crippen LogP) is 2.69. The van der Waals surface area contributed by atoms with Crippen molar-refractivity contribution in [2.75, 3.05) is 13.2 Å². The summed E-state index contributed by atoms with van der Waals surface area (Å²) in [7, 11) is 0. The van der Waals surface area contributed by atoms with E-state index in [0.29, 0.717) is 5.75 Å². The van der Waals surface area contributed by atoms with Gasteiger partial charge in [0.05, 0.1) is 6.54 Å². The first-order valence-electron chi connectivity index (χ1n) is 10.0. The normalized spacial score (nSPS) is 21.8. The number of β-amino-alcohol motifs (C(OH)–C–C–N with tert-alkyl or cyclic N) is 1. The molecule has 3 amide bonds. The van der Waals surface area contributed by atoms with Gasteiger partial charge in [-0.1, -0.05) is 30.3 Å². The highest BCUT2D eigenvalue weighted by Gasteiger charge is 2.49. The topological polar surface area (TPSA) is 78.9 Å². The Labute approximate surface area is 170 Å². The van der Waals surface area contributed by atoms with Crippen molar-refractivity contribution >= 4 is 11.9 Å². The molecule has 29 heavy (non-hydrogen) atoms. The van der Waals surface area contributed by atoms with Crippen LogP contribution in [0.2, 0.25) is 0 Å².